The standard InChI is InChI=1S/C19H25N3O2/c1-3-21(19(23)17-8-7-15(2)24-17)14-16-9-12-22(13-10-16)18-6-4-5-11-20-18/h4-8,11,16H,3,9-10,12-14H2,1-2H3. The molecule has 0 saturated carbocycles. The molecule has 0 spiro atoms. The van der Waals surface area contributed by atoms with Crippen LogP contribution in [0, 0.1) is 12.8 Å². The van der Waals surface area contributed by atoms with Crippen LogP contribution in [-0.4, -0.2) is 42.0 Å². The van der Waals surface area contributed by atoms with Gasteiger partial charge in [0.25, 0.3) is 5.91 Å². The van der Waals surface area contributed by atoms with Crippen LogP contribution in [0.2, 0.25) is 0 Å². The monoisotopic (exact) mass is 327 g/mol. The molecule has 0 bridgehead atoms. The van der Waals surface area contributed by atoms with Crippen molar-refractivity contribution in [1.29, 1.82) is 0 Å². The summed E-state index contributed by atoms with van der Waals surface area (Å²) < 4.78 is 5.48. The lowest BCUT2D eigenvalue weighted by molar-refractivity contribution is 0.0696. The van der Waals surface area contributed by atoms with Gasteiger partial charge in [0.2, 0.25) is 0 Å². The highest BCUT2D eigenvalue weighted by atomic mass is 16.3. The molecule has 5 nitrogen and oxygen atoms in total. The van der Waals surface area contributed by atoms with Crippen molar-refractivity contribution in [2.75, 3.05) is 31.1 Å². The van der Waals surface area contributed by atoms with Gasteiger partial charge in [0.1, 0.15) is 11.6 Å². The maximum absolute atomic E-state index is 12.6. The number of hydrogen-bond acceptors (Lipinski definition) is 4. The number of anilines is 1. The van der Waals surface area contributed by atoms with Crippen molar-refractivity contribution in [3.8, 4) is 0 Å². The molecule has 0 unspecified atom stereocenters. The van der Waals surface area contributed by atoms with E-state index in [0.717, 1.165) is 44.1 Å². The Morgan fingerprint density at radius 2 is 2.08 bits per heavy atom. The molecule has 0 aromatic carbocycles. The average Bonchev–Trinajstić information content (AvgIpc) is 3.07. The first kappa shape index (κ1) is 16.6. The Morgan fingerprint density at radius 3 is 2.67 bits per heavy atom. The van der Waals surface area contributed by atoms with Gasteiger partial charge in [0.15, 0.2) is 5.76 Å². The fourth-order valence-corrected chi connectivity index (χ4v) is 3.26. The van der Waals surface area contributed by atoms with Crippen molar-refractivity contribution < 1.29 is 9.21 Å². The van der Waals surface area contributed by atoms with Crippen LogP contribution in [0.4, 0.5) is 5.82 Å². The van der Waals surface area contributed by atoms with Gasteiger partial charge in [-0.05, 0) is 56.9 Å². The fraction of sp³-hybridized carbons (Fsp3) is 0.474. The molecule has 0 aliphatic carbocycles. The maximum atomic E-state index is 12.6. The topological polar surface area (TPSA) is 49.6 Å². The highest BCUT2D eigenvalue weighted by Crippen LogP contribution is 2.23. The third kappa shape index (κ3) is 3.78. The van der Waals surface area contributed by atoms with Crippen LogP contribution >= 0.6 is 0 Å². The number of aromatic nitrogens is 1. The summed E-state index contributed by atoms with van der Waals surface area (Å²) in [6.07, 6.45) is 4.00. The molecule has 0 atom stereocenters. The zero-order chi connectivity index (χ0) is 16.9. The number of hydrogen-bond donors (Lipinski definition) is 0. The minimum absolute atomic E-state index is 0.00208. The first-order valence-electron chi connectivity index (χ1n) is 8.69. The molecular weight excluding hydrogens is 302 g/mol. The first-order valence-corrected chi connectivity index (χ1v) is 8.69. The van der Waals surface area contributed by atoms with Gasteiger partial charge < -0.3 is 14.2 Å². The van der Waals surface area contributed by atoms with Crippen LogP contribution in [0.3, 0.4) is 0 Å². The number of nitrogens with zero attached hydrogens (tertiary/aromatic N) is 3. The molecule has 2 aromatic rings. The smallest absolute Gasteiger partial charge is 0.289 e. The van der Waals surface area contributed by atoms with Crippen molar-refractivity contribution in [3.05, 3.63) is 48.0 Å². The normalized spacial score (nSPS) is 15.5. The molecule has 1 amide bonds. The summed E-state index contributed by atoms with van der Waals surface area (Å²) in [5.74, 6) is 2.80. The van der Waals surface area contributed by atoms with E-state index in [2.05, 4.69) is 16.0 Å². The number of carbonyl (C=O) groups is 1. The number of pyridine rings is 1. The van der Waals surface area contributed by atoms with Gasteiger partial charge in [0, 0.05) is 32.4 Å². The van der Waals surface area contributed by atoms with Crippen molar-refractivity contribution in [2.45, 2.75) is 26.7 Å². The molecule has 3 rings (SSSR count). The number of carbonyl (C=O) groups excluding carboxylic acids is 1. The van der Waals surface area contributed by atoms with Gasteiger partial charge in [-0.3, -0.25) is 4.79 Å². The number of piperidine rings is 1. The summed E-state index contributed by atoms with van der Waals surface area (Å²) in [6, 6.07) is 9.63. The molecule has 1 saturated heterocycles. The summed E-state index contributed by atoms with van der Waals surface area (Å²) >= 11 is 0. The minimum atomic E-state index is -0.00208. The van der Waals surface area contributed by atoms with Crippen LogP contribution in [0.1, 0.15) is 36.1 Å². The summed E-state index contributed by atoms with van der Waals surface area (Å²) in [5.41, 5.74) is 0. The highest BCUT2D eigenvalue weighted by Gasteiger charge is 2.25. The van der Waals surface area contributed by atoms with Gasteiger partial charge in [0.05, 0.1) is 0 Å². The fourth-order valence-electron chi connectivity index (χ4n) is 3.26. The van der Waals surface area contributed by atoms with Crippen LogP contribution in [0.15, 0.2) is 40.9 Å². The second-order valence-corrected chi connectivity index (χ2v) is 6.37. The van der Waals surface area contributed by atoms with E-state index in [1.807, 2.05) is 43.1 Å². The molecule has 1 aliphatic heterocycles. The predicted octanol–water partition coefficient (Wildman–Crippen LogP) is 3.36. The summed E-state index contributed by atoms with van der Waals surface area (Å²) in [6.45, 7) is 7.38. The SMILES string of the molecule is CCN(CC1CCN(c2ccccn2)CC1)C(=O)c1ccc(C)o1. The van der Waals surface area contributed by atoms with E-state index in [1.54, 1.807) is 6.07 Å². The van der Waals surface area contributed by atoms with Crippen LogP contribution < -0.4 is 4.90 Å². The number of furan rings is 1. The third-order valence-electron chi connectivity index (χ3n) is 4.69. The lowest BCUT2D eigenvalue weighted by Crippen LogP contribution is -2.41. The zero-order valence-corrected chi connectivity index (χ0v) is 14.4. The van der Waals surface area contributed by atoms with E-state index in [1.165, 1.54) is 0 Å². The molecule has 128 valence electrons. The maximum Gasteiger partial charge on any atom is 0.289 e. The van der Waals surface area contributed by atoms with Crippen molar-refractivity contribution in [3.63, 3.8) is 0 Å². The average molecular weight is 327 g/mol. The Kier molecular flexibility index (Phi) is 5.18. The molecule has 24 heavy (non-hydrogen) atoms. The Bertz CT molecular complexity index is 660. The summed E-state index contributed by atoms with van der Waals surface area (Å²) in [5, 5.41) is 0. The van der Waals surface area contributed by atoms with Crippen molar-refractivity contribution in [2.24, 2.45) is 5.92 Å². The summed E-state index contributed by atoms with van der Waals surface area (Å²) in [7, 11) is 0. The van der Waals surface area contributed by atoms with Gasteiger partial charge in [-0.1, -0.05) is 6.07 Å². The molecule has 3 heterocycles. The number of rotatable bonds is 5. The molecular formula is C19H25N3O2. The van der Waals surface area contributed by atoms with E-state index in [4.69, 9.17) is 4.42 Å². The lowest BCUT2D eigenvalue weighted by Gasteiger charge is -2.35. The second-order valence-electron chi connectivity index (χ2n) is 6.37. The molecule has 5 heteroatoms. The molecule has 2 aromatic heterocycles. The summed E-state index contributed by atoms with van der Waals surface area (Å²) in [4.78, 5) is 21.2. The predicted molar refractivity (Wildman–Crippen MR) is 94.2 cm³/mol. The Morgan fingerprint density at radius 1 is 1.29 bits per heavy atom. The van der Waals surface area contributed by atoms with Gasteiger partial charge >= 0.3 is 0 Å². The van der Waals surface area contributed by atoms with Gasteiger partial charge in [-0.2, -0.15) is 0 Å². The molecule has 0 N–H and O–H groups in total. The Hall–Kier alpha value is -2.30. The van der Waals surface area contributed by atoms with Gasteiger partial charge in [-0.25, -0.2) is 4.98 Å². The third-order valence-corrected chi connectivity index (χ3v) is 4.69. The van der Waals surface area contributed by atoms with E-state index < -0.39 is 0 Å². The largest absolute Gasteiger partial charge is 0.456 e. The molecule has 0 radical (unpaired) electrons. The van der Waals surface area contributed by atoms with Crippen molar-refractivity contribution >= 4 is 11.7 Å². The number of aryl methyl sites for hydroxylation is 1. The zero-order valence-electron chi connectivity index (χ0n) is 14.4. The molecule has 1 fully saturated rings. The minimum Gasteiger partial charge on any atom is -0.456 e. The van der Waals surface area contributed by atoms with E-state index in [9.17, 15) is 4.79 Å². The highest BCUT2D eigenvalue weighted by molar-refractivity contribution is 5.91. The lowest BCUT2D eigenvalue weighted by atomic mass is 9.96. The van der Waals surface area contributed by atoms with Gasteiger partial charge in [-0.15, -0.1) is 0 Å². The second kappa shape index (κ2) is 7.51. The van der Waals surface area contributed by atoms with E-state index in [0.29, 0.717) is 18.2 Å². The van der Waals surface area contributed by atoms with Crippen molar-refractivity contribution in [1.82, 2.24) is 9.88 Å². The first-order chi connectivity index (χ1) is 11.7. The Balaban J connectivity index is 1.55. The van der Waals surface area contributed by atoms with Crippen LogP contribution in [0.25, 0.3) is 0 Å². The number of amides is 1. The molecule has 1 aliphatic rings. The van der Waals surface area contributed by atoms with Crippen LogP contribution in [-0.2, 0) is 0 Å². The van der Waals surface area contributed by atoms with E-state index >= 15 is 0 Å². The van der Waals surface area contributed by atoms with E-state index in [-0.39, 0.29) is 5.91 Å². The Labute approximate surface area is 143 Å². The van der Waals surface area contributed by atoms with Crippen LogP contribution in [0.5, 0.6) is 0 Å². The quantitative estimate of drug-likeness (QED) is 0.845.